The Morgan fingerprint density at radius 1 is 1.35 bits per heavy atom. The van der Waals surface area contributed by atoms with E-state index in [1.54, 1.807) is 0 Å². The zero-order valence-electron chi connectivity index (χ0n) is 11.4. The number of ether oxygens (including phenoxy) is 1. The molecule has 0 saturated heterocycles. The molecule has 1 aromatic heterocycles. The Morgan fingerprint density at radius 2 is 2.06 bits per heavy atom. The predicted molar refractivity (Wildman–Crippen MR) is 69.1 cm³/mol. The smallest absolute Gasteiger partial charge is 0.221 e. The van der Waals surface area contributed by atoms with Crippen molar-refractivity contribution in [2.45, 2.75) is 59.7 Å². The van der Waals surface area contributed by atoms with Crippen molar-refractivity contribution in [1.29, 1.82) is 0 Å². The summed E-state index contributed by atoms with van der Waals surface area (Å²) in [7, 11) is 0. The second-order valence-corrected chi connectivity index (χ2v) is 4.62. The van der Waals surface area contributed by atoms with Crippen LogP contribution in [0.3, 0.4) is 0 Å². The molecule has 4 nitrogen and oxygen atoms in total. The molecule has 0 bridgehead atoms. The first kappa shape index (κ1) is 13.9. The summed E-state index contributed by atoms with van der Waals surface area (Å²) in [5.41, 5.74) is 1.02. The van der Waals surface area contributed by atoms with Gasteiger partial charge < -0.3 is 10.1 Å². The average molecular weight is 237 g/mol. The van der Waals surface area contributed by atoms with E-state index in [1.165, 1.54) is 0 Å². The molecule has 0 amide bonds. The largest absolute Gasteiger partial charge is 0.474 e. The van der Waals surface area contributed by atoms with Gasteiger partial charge in [-0.2, -0.15) is 4.98 Å². The van der Waals surface area contributed by atoms with Gasteiger partial charge in [-0.05, 0) is 20.3 Å². The molecular formula is C13H23N3O. The highest BCUT2D eigenvalue weighted by atomic mass is 16.5. The lowest BCUT2D eigenvalue weighted by atomic mass is 10.2. The maximum Gasteiger partial charge on any atom is 0.221 e. The van der Waals surface area contributed by atoms with Crippen LogP contribution in [-0.2, 0) is 6.54 Å². The van der Waals surface area contributed by atoms with Crippen molar-refractivity contribution in [2.24, 2.45) is 0 Å². The molecule has 0 saturated carbocycles. The van der Waals surface area contributed by atoms with E-state index < -0.39 is 0 Å². The fourth-order valence-corrected chi connectivity index (χ4v) is 1.29. The van der Waals surface area contributed by atoms with E-state index >= 15 is 0 Å². The normalized spacial score (nSPS) is 12.8. The van der Waals surface area contributed by atoms with Gasteiger partial charge in [0.15, 0.2) is 0 Å². The van der Waals surface area contributed by atoms with Gasteiger partial charge in [-0.3, -0.25) is 0 Å². The third-order valence-electron chi connectivity index (χ3n) is 2.53. The summed E-state index contributed by atoms with van der Waals surface area (Å²) >= 11 is 0. The fourth-order valence-electron chi connectivity index (χ4n) is 1.29. The van der Waals surface area contributed by atoms with Crippen LogP contribution in [0.4, 0.5) is 0 Å². The van der Waals surface area contributed by atoms with Crippen molar-refractivity contribution in [2.75, 3.05) is 0 Å². The van der Waals surface area contributed by atoms with E-state index in [1.807, 2.05) is 13.1 Å². The molecule has 0 radical (unpaired) electrons. The van der Waals surface area contributed by atoms with Crippen LogP contribution in [0.1, 0.15) is 45.5 Å². The van der Waals surface area contributed by atoms with Crippen molar-refractivity contribution in [3.8, 4) is 5.88 Å². The fraction of sp³-hybridized carbons (Fsp3) is 0.692. The van der Waals surface area contributed by atoms with Gasteiger partial charge in [0.25, 0.3) is 0 Å². The van der Waals surface area contributed by atoms with Crippen molar-refractivity contribution in [3.63, 3.8) is 0 Å². The number of rotatable bonds is 6. The molecular weight excluding hydrogens is 214 g/mol. The molecule has 0 spiro atoms. The summed E-state index contributed by atoms with van der Waals surface area (Å²) in [6, 6.07) is 0.438. The SMILES string of the molecule is CCC(C)Oc1nc(C)ncc1CNC(C)C. The number of hydrogen-bond acceptors (Lipinski definition) is 4. The minimum Gasteiger partial charge on any atom is -0.474 e. The highest BCUT2D eigenvalue weighted by Crippen LogP contribution is 2.17. The van der Waals surface area contributed by atoms with Crippen LogP contribution in [0.2, 0.25) is 0 Å². The van der Waals surface area contributed by atoms with Crippen LogP contribution in [0.5, 0.6) is 5.88 Å². The predicted octanol–water partition coefficient (Wildman–Crippen LogP) is 2.46. The van der Waals surface area contributed by atoms with Gasteiger partial charge in [-0.25, -0.2) is 4.98 Å². The number of nitrogens with zero attached hydrogens (tertiary/aromatic N) is 2. The first-order valence-electron chi connectivity index (χ1n) is 6.25. The monoisotopic (exact) mass is 237 g/mol. The lowest BCUT2D eigenvalue weighted by Gasteiger charge is -2.16. The van der Waals surface area contributed by atoms with Crippen molar-refractivity contribution >= 4 is 0 Å². The Morgan fingerprint density at radius 3 is 2.65 bits per heavy atom. The van der Waals surface area contributed by atoms with Crippen LogP contribution in [0, 0.1) is 6.92 Å². The van der Waals surface area contributed by atoms with Gasteiger partial charge in [0, 0.05) is 24.3 Å². The Labute approximate surface area is 104 Å². The molecule has 0 aliphatic heterocycles. The van der Waals surface area contributed by atoms with E-state index in [0.29, 0.717) is 11.9 Å². The Hall–Kier alpha value is -1.16. The topological polar surface area (TPSA) is 47.0 Å². The van der Waals surface area contributed by atoms with Crippen LogP contribution in [-0.4, -0.2) is 22.1 Å². The standard InChI is InChI=1S/C13H23N3O/c1-6-10(4)17-13-12(7-14-9(2)3)8-15-11(5)16-13/h8-10,14H,6-7H2,1-5H3. The number of aromatic nitrogens is 2. The first-order chi connectivity index (χ1) is 8.02. The zero-order chi connectivity index (χ0) is 12.8. The van der Waals surface area contributed by atoms with Crippen molar-refractivity contribution < 1.29 is 4.74 Å². The molecule has 17 heavy (non-hydrogen) atoms. The minimum atomic E-state index is 0.182. The second kappa shape index (κ2) is 6.55. The second-order valence-electron chi connectivity index (χ2n) is 4.62. The van der Waals surface area contributed by atoms with Gasteiger partial charge in [0.05, 0.1) is 6.10 Å². The molecule has 0 aliphatic carbocycles. The molecule has 1 heterocycles. The maximum absolute atomic E-state index is 5.82. The molecule has 0 fully saturated rings. The Kier molecular flexibility index (Phi) is 5.35. The first-order valence-corrected chi connectivity index (χ1v) is 6.25. The number of nitrogens with one attached hydrogen (secondary N) is 1. The average Bonchev–Trinajstić information content (AvgIpc) is 2.27. The van der Waals surface area contributed by atoms with Crippen molar-refractivity contribution in [3.05, 3.63) is 17.6 Å². The Balaban J connectivity index is 2.79. The van der Waals surface area contributed by atoms with Crippen LogP contribution < -0.4 is 10.1 Å². The zero-order valence-corrected chi connectivity index (χ0v) is 11.4. The summed E-state index contributed by atoms with van der Waals surface area (Å²) in [5, 5.41) is 3.35. The molecule has 1 unspecified atom stereocenters. The molecule has 4 heteroatoms. The molecule has 1 aromatic rings. The van der Waals surface area contributed by atoms with Gasteiger partial charge in [-0.15, -0.1) is 0 Å². The summed E-state index contributed by atoms with van der Waals surface area (Å²) in [6.07, 6.45) is 3.00. The third kappa shape index (κ3) is 4.69. The highest BCUT2D eigenvalue weighted by molar-refractivity contribution is 5.23. The highest BCUT2D eigenvalue weighted by Gasteiger charge is 2.10. The van der Waals surface area contributed by atoms with E-state index in [9.17, 15) is 0 Å². The van der Waals surface area contributed by atoms with Gasteiger partial charge in [0.2, 0.25) is 5.88 Å². The van der Waals surface area contributed by atoms with E-state index in [0.717, 1.165) is 24.4 Å². The lowest BCUT2D eigenvalue weighted by Crippen LogP contribution is -2.23. The van der Waals surface area contributed by atoms with Gasteiger partial charge in [-0.1, -0.05) is 20.8 Å². The van der Waals surface area contributed by atoms with Crippen molar-refractivity contribution in [1.82, 2.24) is 15.3 Å². The summed E-state index contributed by atoms with van der Waals surface area (Å²) in [6.45, 7) is 11.0. The number of aryl methyl sites for hydroxylation is 1. The maximum atomic E-state index is 5.82. The number of hydrogen-bond donors (Lipinski definition) is 1. The molecule has 1 N–H and O–H groups in total. The molecule has 0 aliphatic rings. The van der Waals surface area contributed by atoms with E-state index in [4.69, 9.17) is 4.74 Å². The van der Waals surface area contributed by atoms with Crippen LogP contribution in [0.25, 0.3) is 0 Å². The van der Waals surface area contributed by atoms with E-state index in [2.05, 4.69) is 43.0 Å². The van der Waals surface area contributed by atoms with Crippen LogP contribution >= 0.6 is 0 Å². The lowest BCUT2D eigenvalue weighted by molar-refractivity contribution is 0.205. The summed E-state index contributed by atoms with van der Waals surface area (Å²) in [4.78, 5) is 8.59. The van der Waals surface area contributed by atoms with Crippen LogP contribution in [0.15, 0.2) is 6.20 Å². The summed E-state index contributed by atoms with van der Waals surface area (Å²) < 4.78 is 5.82. The molecule has 0 aromatic carbocycles. The molecule has 1 rings (SSSR count). The quantitative estimate of drug-likeness (QED) is 0.825. The minimum absolute atomic E-state index is 0.182. The Bertz CT molecular complexity index is 353. The molecule has 1 atom stereocenters. The van der Waals surface area contributed by atoms with Gasteiger partial charge in [0.1, 0.15) is 5.82 Å². The summed E-state index contributed by atoms with van der Waals surface area (Å²) in [5.74, 6) is 1.46. The molecule has 96 valence electrons. The van der Waals surface area contributed by atoms with Gasteiger partial charge >= 0.3 is 0 Å². The van der Waals surface area contributed by atoms with E-state index in [-0.39, 0.29) is 6.10 Å². The third-order valence-corrected chi connectivity index (χ3v) is 2.53.